The number of hydrogen-bond acceptors (Lipinski definition) is 3. The van der Waals surface area contributed by atoms with E-state index in [9.17, 15) is 4.79 Å². The molecular formula is C10H13NO2. The molecule has 1 aromatic heterocycles. The highest BCUT2D eigenvalue weighted by Gasteiger charge is 2.04. The molecule has 1 rings (SSSR count). The average molecular weight is 179 g/mol. The first kappa shape index (κ1) is 9.71. The second kappa shape index (κ2) is 4.03. The summed E-state index contributed by atoms with van der Waals surface area (Å²) in [6.07, 6.45) is 0.731. The van der Waals surface area contributed by atoms with Crippen molar-refractivity contribution in [3.63, 3.8) is 0 Å². The Bertz CT molecular complexity index is 308. The van der Waals surface area contributed by atoms with Gasteiger partial charge in [0.1, 0.15) is 5.69 Å². The molecule has 3 nitrogen and oxygen atoms in total. The maximum absolute atomic E-state index is 10.5. The molecule has 0 unspecified atom stereocenters. The van der Waals surface area contributed by atoms with Crippen LogP contribution < -0.4 is 4.74 Å². The molecule has 1 heterocycles. The zero-order valence-electron chi connectivity index (χ0n) is 8.07. The first-order valence-electron chi connectivity index (χ1n) is 4.18. The van der Waals surface area contributed by atoms with Crippen LogP contribution in [0.4, 0.5) is 0 Å². The minimum absolute atomic E-state index is 0.371. The number of carbonyl (C=O) groups is 1. The average Bonchev–Trinajstić information content (AvgIpc) is 2.16. The van der Waals surface area contributed by atoms with E-state index in [-0.39, 0.29) is 0 Å². The Labute approximate surface area is 77.8 Å². The number of carbonyl (C=O) groups excluding carboxylic acids is 1. The van der Waals surface area contributed by atoms with E-state index in [1.54, 1.807) is 13.2 Å². The number of methoxy groups -OCH3 is 1. The third-order valence-electron chi connectivity index (χ3n) is 1.84. The molecule has 0 amide bonds. The number of hydrogen-bond donors (Lipinski definition) is 0. The fourth-order valence-electron chi connectivity index (χ4n) is 1.05. The molecule has 0 spiro atoms. The molecule has 1 aromatic rings. The second-order valence-corrected chi connectivity index (χ2v) is 3.14. The fourth-order valence-corrected chi connectivity index (χ4v) is 1.05. The Balaban J connectivity index is 3.14. The minimum Gasteiger partial charge on any atom is -0.481 e. The van der Waals surface area contributed by atoms with E-state index in [1.165, 1.54) is 0 Å². The molecule has 0 bridgehead atoms. The topological polar surface area (TPSA) is 39.2 Å². The van der Waals surface area contributed by atoms with Crippen LogP contribution in [-0.2, 0) is 0 Å². The smallest absolute Gasteiger partial charge is 0.213 e. The van der Waals surface area contributed by atoms with E-state index in [0.29, 0.717) is 17.5 Å². The number of rotatable bonds is 3. The lowest BCUT2D eigenvalue weighted by molar-refractivity contribution is 0.111. The highest BCUT2D eigenvalue weighted by Crippen LogP contribution is 2.19. The maximum Gasteiger partial charge on any atom is 0.213 e. The Morgan fingerprint density at radius 1 is 1.46 bits per heavy atom. The van der Waals surface area contributed by atoms with Crippen LogP contribution in [0, 0.1) is 0 Å². The second-order valence-electron chi connectivity index (χ2n) is 3.14. The monoisotopic (exact) mass is 179 g/mol. The quantitative estimate of drug-likeness (QED) is 0.666. The molecular weight excluding hydrogens is 166 g/mol. The number of ether oxygens (including phenoxy) is 1. The molecule has 0 radical (unpaired) electrons. The molecule has 0 aliphatic rings. The van der Waals surface area contributed by atoms with Gasteiger partial charge in [0, 0.05) is 6.07 Å². The fraction of sp³-hybridized carbons (Fsp3) is 0.400. The van der Waals surface area contributed by atoms with Gasteiger partial charge in [0.25, 0.3) is 0 Å². The van der Waals surface area contributed by atoms with Gasteiger partial charge in [0.15, 0.2) is 6.29 Å². The molecule has 0 fully saturated rings. The van der Waals surface area contributed by atoms with Crippen LogP contribution in [0.2, 0.25) is 0 Å². The molecule has 0 N–H and O–H groups in total. The number of aromatic nitrogens is 1. The third kappa shape index (κ3) is 2.28. The summed E-state index contributed by atoms with van der Waals surface area (Å²) in [6, 6.07) is 3.62. The molecule has 0 atom stereocenters. The summed E-state index contributed by atoms with van der Waals surface area (Å²) < 4.78 is 4.98. The predicted molar refractivity (Wildman–Crippen MR) is 50.3 cm³/mol. The van der Waals surface area contributed by atoms with Crippen LogP contribution in [0.3, 0.4) is 0 Å². The highest BCUT2D eigenvalue weighted by atomic mass is 16.5. The maximum atomic E-state index is 10.5. The van der Waals surface area contributed by atoms with Crippen LogP contribution in [0.1, 0.15) is 35.8 Å². The van der Waals surface area contributed by atoms with E-state index >= 15 is 0 Å². The van der Waals surface area contributed by atoms with Crippen molar-refractivity contribution in [2.24, 2.45) is 0 Å². The van der Waals surface area contributed by atoms with E-state index in [4.69, 9.17) is 4.74 Å². The molecule has 13 heavy (non-hydrogen) atoms. The van der Waals surface area contributed by atoms with Gasteiger partial charge in [-0.05, 0) is 17.5 Å². The van der Waals surface area contributed by atoms with Gasteiger partial charge in [-0.25, -0.2) is 4.98 Å². The largest absolute Gasteiger partial charge is 0.481 e. The van der Waals surface area contributed by atoms with E-state index in [1.807, 2.05) is 6.07 Å². The lowest BCUT2D eigenvalue weighted by Gasteiger charge is -2.07. The molecule has 0 aliphatic heterocycles. The van der Waals surface area contributed by atoms with Crippen molar-refractivity contribution in [3.05, 3.63) is 23.4 Å². The van der Waals surface area contributed by atoms with E-state index in [0.717, 1.165) is 11.8 Å². The summed E-state index contributed by atoms with van der Waals surface area (Å²) in [5, 5.41) is 0. The summed E-state index contributed by atoms with van der Waals surface area (Å²) in [5.41, 5.74) is 1.48. The Morgan fingerprint density at radius 2 is 2.15 bits per heavy atom. The standard InChI is InChI=1S/C10H13NO2/c1-7(2)8-4-9(6-12)11-10(5-8)13-3/h4-7H,1-3H3. The number of pyridine rings is 1. The number of aldehydes is 1. The molecule has 0 saturated heterocycles. The molecule has 70 valence electrons. The van der Waals surface area contributed by atoms with Crippen molar-refractivity contribution in [1.29, 1.82) is 0 Å². The van der Waals surface area contributed by atoms with Crippen molar-refractivity contribution in [3.8, 4) is 5.88 Å². The van der Waals surface area contributed by atoms with Gasteiger partial charge in [-0.15, -0.1) is 0 Å². The lowest BCUT2D eigenvalue weighted by Crippen LogP contribution is -1.97. The zero-order chi connectivity index (χ0) is 9.84. The van der Waals surface area contributed by atoms with Crippen LogP contribution in [0.25, 0.3) is 0 Å². The summed E-state index contributed by atoms with van der Waals surface area (Å²) in [7, 11) is 1.54. The highest BCUT2D eigenvalue weighted by molar-refractivity contribution is 5.72. The molecule has 3 heteroatoms. The SMILES string of the molecule is COc1cc(C(C)C)cc(C=O)n1. The minimum atomic E-state index is 0.371. The summed E-state index contributed by atoms with van der Waals surface area (Å²) >= 11 is 0. The van der Waals surface area contributed by atoms with Gasteiger partial charge in [-0.2, -0.15) is 0 Å². The predicted octanol–water partition coefficient (Wildman–Crippen LogP) is 2.03. The molecule has 0 saturated carbocycles. The van der Waals surface area contributed by atoms with Crippen molar-refractivity contribution >= 4 is 6.29 Å². The van der Waals surface area contributed by atoms with Gasteiger partial charge < -0.3 is 4.74 Å². The van der Waals surface area contributed by atoms with Gasteiger partial charge in [0.05, 0.1) is 7.11 Å². The van der Waals surface area contributed by atoms with Crippen LogP contribution in [0.5, 0.6) is 5.88 Å². The van der Waals surface area contributed by atoms with Crippen LogP contribution in [-0.4, -0.2) is 18.4 Å². The van der Waals surface area contributed by atoms with Gasteiger partial charge in [-0.3, -0.25) is 4.79 Å². The Kier molecular flexibility index (Phi) is 3.01. The van der Waals surface area contributed by atoms with Crippen molar-refractivity contribution in [2.45, 2.75) is 19.8 Å². The third-order valence-corrected chi connectivity index (χ3v) is 1.84. The first-order valence-corrected chi connectivity index (χ1v) is 4.18. The summed E-state index contributed by atoms with van der Waals surface area (Å²) in [5.74, 6) is 0.865. The van der Waals surface area contributed by atoms with Gasteiger partial charge >= 0.3 is 0 Å². The van der Waals surface area contributed by atoms with E-state index in [2.05, 4.69) is 18.8 Å². The Hall–Kier alpha value is -1.38. The molecule has 0 aliphatic carbocycles. The zero-order valence-corrected chi connectivity index (χ0v) is 8.07. The van der Waals surface area contributed by atoms with Crippen molar-refractivity contribution in [1.82, 2.24) is 4.98 Å². The molecule has 0 aromatic carbocycles. The van der Waals surface area contributed by atoms with Gasteiger partial charge in [0.2, 0.25) is 5.88 Å². The first-order chi connectivity index (χ1) is 6.17. The van der Waals surface area contributed by atoms with E-state index < -0.39 is 0 Å². The lowest BCUT2D eigenvalue weighted by atomic mass is 10.0. The van der Waals surface area contributed by atoms with Crippen molar-refractivity contribution in [2.75, 3.05) is 7.11 Å². The van der Waals surface area contributed by atoms with Gasteiger partial charge in [-0.1, -0.05) is 13.8 Å². The summed E-state index contributed by atoms with van der Waals surface area (Å²) in [4.78, 5) is 14.5. The van der Waals surface area contributed by atoms with Crippen LogP contribution >= 0.6 is 0 Å². The number of nitrogens with zero attached hydrogens (tertiary/aromatic N) is 1. The normalized spacial score (nSPS) is 10.2. The summed E-state index contributed by atoms with van der Waals surface area (Å²) in [6.45, 7) is 4.12. The Morgan fingerprint density at radius 3 is 2.62 bits per heavy atom. The van der Waals surface area contributed by atoms with Crippen LogP contribution in [0.15, 0.2) is 12.1 Å². The van der Waals surface area contributed by atoms with Crippen molar-refractivity contribution < 1.29 is 9.53 Å².